The third kappa shape index (κ3) is 3.97. The minimum atomic E-state index is -0.0758. The number of ether oxygens (including phenoxy) is 2. The number of methoxy groups -OCH3 is 2. The molecule has 116 valence electrons. The van der Waals surface area contributed by atoms with Gasteiger partial charge in [0, 0.05) is 43.5 Å². The molecule has 0 aliphatic carbocycles. The van der Waals surface area contributed by atoms with Gasteiger partial charge in [-0.25, -0.2) is 0 Å². The van der Waals surface area contributed by atoms with Crippen molar-refractivity contribution in [3.63, 3.8) is 0 Å². The van der Waals surface area contributed by atoms with Crippen LogP contribution in [0.4, 0.5) is 0 Å². The Morgan fingerprint density at radius 1 is 1.14 bits per heavy atom. The number of carbonyl (C=O) groups excluding carboxylic acids is 1. The maximum Gasteiger partial charge on any atom is 0.253 e. The highest BCUT2D eigenvalue weighted by atomic mass is 16.5. The van der Waals surface area contributed by atoms with Crippen molar-refractivity contribution in [2.45, 2.75) is 6.42 Å². The number of aromatic nitrogens is 1. The first kappa shape index (κ1) is 15.8. The van der Waals surface area contributed by atoms with E-state index in [1.807, 2.05) is 18.2 Å². The Bertz CT molecular complexity index is 607. The third-order valence-corrected chi connectivity index (χ3v) is 3.37. The number of amides is 1. The summed E-state index contributed by atoms with van der Waals surface area (Å²) in [5.41, 5.74) is 1.50. The Morgan fingerprint density at radius 2 is 1.82 bits per heavy atom. The fraction of sp³-hybridized carbons (Fsp3) is 0.294. The Morgan fingerprint density at radius 3 is 2.36 bits per heavy atom. The molecule has 0 fully saturated rings. The van der Waals surface area contributed by atoms with E-state index in [4.69, 9.17) is 9.47 Å². The lowest BCUT2D eigenvalue weighted by Crippen LogP contribution is -2.29. The van der Waals surface area contributed by atoms with Gasteiger partial charge in [0.1, 0.15) is 11.5 Å². The van der Waals surface area contributed by atoms with Gasteiger partial charge in [0.05, 0.1) is 14.2 Å². The lowest BCUT2D eigenvalue weighted by Gasteiger charge is -2.18. The minimum absolute atomic E-state index is 0.0758. The molecule has 0 aliphatic heterocycles. The van der Waals surface area contributed by atoms with Crippen molar-refractivity contribution in [1.29, 1.82) is 0 Å². The standard InChI is InChI=1S/C17H20N2O3/c1-19(9-7-14-6-4-5-8-18-14)17(20)13-10-15(21-2)12-16(11-13)22-3/h4-6,8,10-12H,7,9H2,1-3H3. The fourth-order valence-corrected chi connectivity index (χ4v) is 2.08. The molecule has 1 aromatic carbocycles. The molecule has 2 rings (SSSR count). The highest BCUT2D eigenvalue weighted by Gasteiger charge is 2.14. The second kappa shape index (κ2) is 7.45. The summed E-state index contributed by atoms with van der Waals surface area (Å²) >= 11 is 0. The quantitative estimate of drug-likeness (QED) is 0.822. The van der Waals surface area contributed by atoms with E-state index >= 15 is 0 Å². The van der Waals surface area contributed by atoms with Crippen LogP contribution in [0.5, 0.6) is 11.5 Å². The first-order valence-corrected chi connectivity index (χ1v) is 7.02. The zero-order valence-electron chi connectivity index (χ0n) is 13.1. The van der Waals surface area contributed by atoms with Crippen LogP contribution in [0.2, 0.25) is 0 Å². The molecule has 0 bridgehead atoms. The van der Waals surface area contributed by atoms with E-state index in [1.54, 1.807) is 50.6 Å². The summed E-state index contributed by atoms with van der Waals surface area (Å²) in [7, 11) is 4.90. The Labute approximate surface area is 130 Å². The van der Waals surface area contributed by atoms with Crippen molar-refractivity contribution in [1.82, 2.24) is 9.88 Å². The van der Waals surface area contributed by atoms with Crippen molar-refractivity contribution >= 4 is 5.91 Å². The fourth-order valence-electron chi connectivity index (χ4n) is 2.08. The maximum absolute atomic E-state index is 12.5. The molecule has 0 atom stereocenters. The number of hydrogen-bond donors (Lipinski definition) is 0. The summed E-state index contributed by atoms with van der Waals surface area (Å²) in [4.78, 5) is 18.4. The van der Waals surface area contributed by atoms with Crippen molar-refractivity contribution in [3.05, 3.63) is 53.9 Å². The van der Waals surface area contributed by atoms with Crippen molar-refractivity contribution in [3.8, 4) is 11.5 Å². The molecule has 0 spiro atoms. The van der Waals surface area contributed by atoms with Crippen LogP contribution in [-0.4, -0.2) is 43.6 Å². The molecule has 1 heterocycles. The molecule has 1 amide bonds. The maximum atomic E-state index is 12.5. The molecule has 0 saturated carbocycles. The number of benzene rings is 1. The summed E-state index contributed by atoms with van der Waals surface area (Å²) < 4.78 is 10.4. The molecule has 0 aliphatic rings. The van der Waals surface area contributed by atoms with Crippen LogP contribution in [0.1, 0.15) is 16.1 Å². The van der Waals surface area contributed by atoms with E-state index in [-0.39, 0.29) is 5.91 Å². The number of pyridine rings is 1. The highest BCUT2D eigenvalue weighted by Crippen LogP contribution is 2.23. The largest absolute Gasteiger partial charge is 0.497 e. The molecule has 22 heavy (non-hydrogen) atoms. The first-order valence-electron chi connectivity index (χ1n) is 7.02. The highest BCUT2D eigenvalue weighted by molar-refractivity contribution is 5.95. The van der Waals surface area contributed by atoms with Gasteiger partial charge in [-0.15, -0.1) is 0 Å². The van der Waals surface area contributed by atoms with Gasteiger partial charge < -0.3 is 14.4 Å². The van der Waals surface area contributed by atoms with Crippen LogP contribution >= 0.6 is 0 Å². The molecule has 1 aromatic heterocycles. The zero-order chi connectivity index (χ0) is 15.9. The van der Waals surface area contributed by atoms with E-state index in [0.717, 1.165) is 5.69 Å². The van der Waals surface area contributed by atoms with Gasteiger partial charge in [-0.2, -0.15) is 0 Å². The summed E-state index contributed by atoms with van der Waals surface area (Å²) in [5.74, 6) is 1.12. The van der Waals surface area contributed by atoms with Gasteiger partial charge in [0.25, 0.3) is 5.91 Å². The van der Waals surface area contributed by atoms with E-state index in [1.165, 1.54) is 0 Å². The first-order chi connectivity index (χ1) is 10.6. The predicted molar refractivity (Wildman–Crippen MR) is 84.4 cm³/mol. The molecule has 0 N–H and O–H groups in total. The van der Waals surface area contributed by atoms with Crippen molar-refractivity contribution in [2.24, 2.45) is 0 Å². The second-order valence-corrected chi connectivity index (χ2v) is 4.90. The number of nitrogens with zero attached hydrogens (tertiary/aromatic N) is 2. The monoisotopic (exact) mass is 300 g/mol. The van der Waals surface area contributed by atoms with Crippen LogP contribution in [0, 0.1) is 0 Å². The molecular formula is C17H20N2O3. The van der Waals surface area contributed by atoms with E-state index in [0.29, 0.717) is 30.0 Å². The smallest absolute Gasteiger partial charge is 0.253 e. The van der Waals surface area contributed by atoms with Crippen LogP contribution in [0.25, 0.3) is 0 Å². The molecular weight excluding hydrogens is 280 g/mol. The van der Waals surface area contributed by atoms with E-state index in [2.05, 4.69) is 4.98 Å². The Kier molecular flexibility index (Phi) is 5.36. The number of hydrogen-bond acceptors (Lipinski definition) is 4. The molecule has 0 radical (unpaired) electrons. The normalized spacial score (nSPS) is 10.1. The summed E-state index contributed by atoms with van der Waals surface area (Å²) in [6.45, 7) is 0.593. The van der Waals surface area contributed by atoms with Crippen LogP contribution in [-0.2, 0) is 6.42 Å². The number of carbonyl (C=O) groups is 1. The van der Waals surface area contributed by atoms with Gasteiger partial charge in [-0.3, -0.25) is 9.78 Å². The topological polar surface area (TPSA) is 51.7 Å². The Hall–Kier alpha value is -2.56. The number of likely N-dealkylation sites (N-methyl/N-ethyl adjacent to an activating group) is 1. The average molecular weight is 300 g/mol. The van der Waals surface area contributed by atoms with E-state index < -0.39 is 0 Å². The van der Waals surface area contributed by atoms with Gasteiger partial charge in [-0.05, 0) is 24.3 Å². The molecule has 5 nitrogen and oxygen atoms in total. The summed E-state index contributed by atoms with van der Waals surface area (Å²) in [6.07, 6.45) is 2.47. The number of rotatable bonds is 6. The molecule has 2 aromatic rings. The van der Waals surface area contributed by atoms with Crippen LogP contribution in [0.3, 0.4) is 0 Å². The average Bonchev–Trinajstić information content (AvgIpc) is 2.59. The molecule has 5 heteroatoms. The summed E-state index contributed by atoms with van der Waals surface area (Å²) in [5, 5.41) is 0. The lowest BCUT2D eigenvalue weighted by atomic mass is 10.1. The lowest BCUT2D eigenvalue weighted by molar-refractivity contribution is 0.0795. The van der Waals surface area contributed by atoms with Gasteiger partial charge in [0.15, 0.2) is 0 Å². The zero-order valence-corrected chi connectivity index (χ0v) is 13.1. The predicted octanol–water partition coefficient (Wildman–Crippen LogP) is 2.41. The summed E-state index contributed by atoms with van der Waals surface area (Å²) in [6, 6.07) is 10.9. The van der Waals surface area contributed by atoms with Gasteiger partial charge in [-0.1, -0.05) is 6.07 Å². The van der Waals surface area contributed by atoms with Crippen LogP contribution in [0.15, 0.2) is 42.6 Å². The molecule has 0 saturated heterocycles. The SMILES string of the molecule is COc1cc(OC)cc(C(=O)N(C)CCc2ccccn2)c1. The molecule has 0 unspecified atom stereocenters. The second-order valence-electron chi connectivity index (χ2n) is 4.90. The van der Waals surface area contributed by atoms with Gasteiger partial charge >= 0.3 is 0 Å². The third-order valence-electron chi connectivity index (χ3n) is 3.37. The van der Waals surface area contributed by atoms with Gasteiger partial charge in [0.2, 0.25) is 0 Å². The van der Waals surface area contributed by atoms with Crippen molar-refractivity contribution < 1.29 is 14.3 Å². The van der Waals surface area contributed by atoms with Crippen LogP contribution < -0.4 is 9.47 Å². The Balaban J connectivity index is 2.06. The van der Waals surface area contributed by atoms with Crippen molar-refractivity contribution in [2.75, 3.05) is 27.8 Å². The van der Waals surface area contributed by atoms with E-state index in [9.17, 15) is 4.79 Å². The minimum Gasteiger partial charge on any atom is -0.497 e.